The Labute approximate surface area is 179 Å². The minimum absolute atomic E-state index is 0.175. The first-order valence-electron chi connectivity index (χ1n) is 9.59. The number of thiophene rings is 1. The van der Waals surface area contributed by atoms with Crippen molar-refractivity contribution >= 4 is 45.5 Å². The number of hydrazone groups is 1. The van der Waals surface area contributed by atoms with E-state index >= 15 is 0 Å². The first-order chi connectivity index (χ1) is 13.9. The molecule has 0 fully saturated rings. The lowest BCUT2D eigenvalue weighted by molar-refractivity contribution is -0.143. The smallest absolute Gasteiger partial charge is 0.308 e. The van der Waals surface area contributed by atoms with E-state index < -0.39 is 0 Å². The number of aliphatic imine (C=N–C) groups is 1. The quantitative estimate of drug-likeness (QED) is 0.736. The second kappa shape index (κ2) is 7.80. The number of carbonyl (C=O) groups is 1. The van der Waals surface area contributed by atoms with E-state index in [1.165, 1.54) is 10.4 Å². The number of esters is 1. The zero-order valence-electron chi connectivity index (χ0n) is 16.8. The van der Waals surface area contributed by atoms with Gasteiger partial charge in [0.2, 0.25) is 0 Å². The van der Waals surface area contributed by atoms with Crippen molar-refractivity contribution in [3.05, 3.63) is 50.9 Å². The van der Waals surface area contributed by atoms with Gasteiger partial charge in [-0.1, -0.05) is 23.7 Å². The van der Waals surface area contributed by atoms with Crippen LogP contribution in [0, 0.1) is 13.8 Å². The highest BCUT2D eigenvalue weighted by atomic mass is 35.5. The third kappa shape index (κ3) is 3.53. The van der Waals surface area contributed by atoms with Crippen molar-refractivity contribution in [3.8, 4) is 0 Å². The number of carbonyl (C=O) groups excluding carboxylic acids is 1. The molecular formula is C21H23ClN4O2S. The Hall–Kier alpha value is -2.38. The molecule has 0 saturated heterocycles. The monoisotopic (exact) mass is 430 g/mol. The van der Waals surface area contributed by atoms with Gasteiger partial charge in [0.25, 0.3) is 0 Å². The zero-order valence-corrected chi connectivity index (χ0v) is 18.4. The number of hydrogen-bond donors (Lipinski definition) is 1. The molecule has 0 radical (unpaired) electrons. The molecule has 0 aliphatic carbocycles. The second-order valence-electron chi connectivity index (χ2n) is 7.13. The average Bonchev–Trinajstić information content (AvgIpc) is 3.15. The summed E-state index contributed by atoms with van der Waals surface area (Å²) in [5, 5.41) is 6.20. The number of hydrogen-bond acceptors (Lipinski definition) is 7. The topological polar surface area (TPSA) is 66.3 Å². The molecule has 0 bridgehead atoms. The number of fused-ring (bicyclic) bond motifs is 3. The maximum absolute atomic E-state index is 12.3. The van der Waals surface area contributed by atoms with E-state index in [-0.39, 0.29) is 24.6 Å². The van der Waals surface area contributed by atoms with Crippen LogP contribution in [0.2, 0.25) is 5.02 Å². The van der Waals surface area contributed by atoms with E-state index in [0.717, 1.165) is 27.7 Å². The van der Waals surface area contributed by atoms with E-state index in [2.05, 4.69) is 29.3 Å². The molecule has 2 aliphatic rings. The number of nitrogens with zero attached hydrogens (tertiary/aromatic N) is 3. The summed E-state index contributed by atoms with van der Waals surface area (Å²) in [4.78, 5) is 20.8. The van der Waals surface area contributed by atoms with Crippen LogP contribution in [0.5, 0.6) is 0 Å². The molecule has 152 valence electrons. The van der Waals surface area contributed by atoms with Crippen LogP contribution in [-0.4, -0.2) is 36.3 Å². The standard InChI is InChI=1S/C21H23ClN4O2S/c1-5-28-17(27)10-16-20-25-24-13(4)26(20)21-18(11(2)12(3)29-21)19(23-16)14-6-8-15(22)9-7-14/h6-9,16,20,25H,5,10H2,1-4H3/t16-,20?/m0/s1. The van der Waals surface area contributed by atoms with Gasteiger partial charge in [0.05, 0.1) is 18.7 Å². The molecular weight excluding hydrogens is 408 g/mol. The van der Waals surface area contributed by atoms with Crippen molar-refractivity contribution in [2.45, 2.75) is 46.3 Å². The van der Waals surface area contributed by atoms with Crippen LogP contribution in [0.25, 0.3) is 0 Å². The molecule has 29 heavy (non-hydrogen) atoms. The molecule has 8 heteroatoms. The van der Waals surface area contributed by atoms with Gasteiger partial charge in [0.1, 0.15) is 23.0 Å². The second-order valence-corrected chi connectivity index (χ2v) is 8.77. The molecule has 3 heterocycles. The summed E-state index contributed by atoms with van der Waals surface area (Å²) < 4.78 is 5.21. The highest BCUT2D eigenvalue weighted by molar-refractivity contribution is 7.17. The maximum Gasteiger partial charge on any atom is 0.308 e. The van der Waals surface area contributed by atoms with Gasteiger partial charge < -0.3 is 4.74 Å². The number of amidine groups is 1. The summed E-state index contributed by atoms with van der Waals surface area (Å²) in [6.07, 6.45) is -0.0603. The Bertz CT molecular complexity index is 1010. The number of nitrogens with one attached hydrogen (secondary N) is 1. The van der Waals surface area contributed by atoms with Crippen LogP contribution in [0.3, 0.4) is 0 Å². The third-order valence-corrected chi connectivity index (χ3v) is 6.72. The Balaban J connectivity index is 1.90. The number of rotatable bonds is 4. The highest BCUT2D eigenvalue weighted by Gasteiger charge is 2.41. The molecule has 1 aromatic heterocycles. The molecule has 1 aromatic carbocycles. The van der Waals surface area contributed by atoms with Gasteiger partial charge in [-0.2, -0.15) is 5.10 Å². The van der Waals surface area contributed by atoms with Gasteiger partial charge in [-0.3, -0.25) is 20.1 Å². The molecule has 0 amide bonds. The Morgan fingerprint density at radius 3 is 2.69 bits per heavy atom. The van der Waals surface area contributed by atoms with Crippen LogP contribution in [0.1, 0.15) is 41.8 Å². The van der Waals surface area contributed by atoms with E-state index in [0.29, 0.717) is 11.6 Å². The lowest BCUT2D eigenvalue weighted by Crippen LogP contribution is -2.47. The summed E-state index contributed by atoms with van der Waals surface area (Å²) in [7, 11) is 0. The number of benzene rings is 1. The van der Waals surface area contributed by atoms with Crippen LogP contribution < -0.4 is 10.3 Å². The van der Waals surface area contributed by atoms with Crippen molar-refractivity contribution in [1.82, 2.24) is 5.43 Å². The zero-order chi connectivity index (χ0) is 20.7. The fourth-order valence-corrected chi connectivity index (χ4v) is 5.10. The van der Waals surface area contributed by atoms with Gasteiger partial charge in [-0.25, -0.2) is 0 Å². The van der Waals surface area contributed by atoms with Crippen LogP contribution >= 0.6 is 22.9 Å². The van der Waals surface area contributed by atoms with Crippen LogP contribution in [0.4, 0.5) is 5.00 Å². The summed E-state index contributed by atoms with van der Waals surface area (Å²) in [5.74, 6) is 0.597. The first kappa shape index (κ1) is 19.9. The van der Waals surface area contributed by atoms with Crippen molar-refractivity contribution in [3.63, 3.8) is 0 Å². The van der Waals surface area contributed by atoms with Gasteiger partial charge in [0, 0.05) is 21.0 Å². The molecule has 2 atom stereocenters. The number of anilines is 1. The molecule has 2 aromatic rings. The summed E-state index contributed by atoms with van der Waals surface area (Å²) in [6.45, 7) is 8.37. The molecule has 2 aliphatic heterocycles. The van der Waals surface area contributed by atoms with Crippen molar-refractivity contribution in [1.29, 1.82) is 0 Å². The normalized spacial score (nSPS) is 20.2. The predicted octanol–water partition coefficient (Wildman–Crippen LogP) is 4.26. The van der Waals surface area contributed by atoms with Crippen molar-refractivity contribution in [2.24, 2.45) is 10.1 Å². The number of halogens is 1. The molecule has 0 spiro atoms. The van der Waals surface area contributed by atoms with E-state index in [4.69, 9.17) is 21.3 Å². The largest absolute Gasteiger partial charge is 0.466 e. The molecule has 1 unspecified atom stereocenters. The number of ether oxygens (including phenoxy) is 1. The fraction of sp³-hybridized carbons (Fsp3) is 0.381. The van der Waals surface area contributed by atoms with Crippen molar-refractivity contribution in [2.75, 3.05) is 11.5 Å². The minimum Gasteiger partial charge on any atom is -0.466 e. The highest BCUT2D eigenvalue weighted by Crippen LogP contribution is 2.42. The van der Waals surface area contributed by atoms with Crippen molar-refractivity contribution < 1.29 is 9.53 Å². The van der Waals surface area contributed by atoms with Gasteiger partial charge in [0.15, 0.2) is 0 Å². The molecule has 4 rings (SSSR count). The molecule has 0 saturated carbocycles. The van der Waals surface area contributed by atoms with E-state index in [9.17, 15) is 4.79 Å². The maximum atomic E-state index is 12.3. The SMILES string of the molecule is CCOC(=O)C[C@@H]1N=C(c2ccc(Cl)cc2)c2c(sc(C)c2C)N2C(C)=NNC12. The summed E-state index contributed by atoms with van der Waals surface area (Å²) >= 11 is 7.84. The van der Waals surface area contributed by atoms with Crippen LogP contribution in [-0.2, 0) is 9.53 Å². The minimum atomic E-state index is -0.347. The van der Waals surface area contributed by atoms with E-state index in [1.807, 2.05) is 38.1 Å². The third-order valence-electron chi connectivity index (χ3n) is 5.27. The lowest BCUT2D eigenvalue weighted by Gasteiger charge is -2.27. The fourth-order valence-electron chi connectivity index (χ4n) is 3.74. The summed E-state index contributed by atoms with van der Waals surface area (Å²) in [5.41, 5.74) is 7.30. The Morgan fingerprint density at radius 2 is 2.00 bits per heavy atom. The Kier molecular flexibility index (Phi) is 5.36. The average molecular weight is 431 g/mol. The van der Waals surface area contributed by atoms with Gasteiger partial charge >= 0.3 is 5.97 Å². The van der Waals surface area contributed by atoms with Crippen LogP contribution in [0.15, 0.2) is 34.4 Å². The summed E-state index contributed by atoms with van der Waals surface area (Å²) in [6, 6.07) is 7.34. The molecule has 1 N–H and O–H groups in total. The predicted molar refractivity (Wildman–Crippen MR) is 118 cm³/mol. The Morgan fingerprint density at radius 1 is 1.28 bits per heavy atom. The number of aryl methyl sites for hydroxylation is 1. The lowest BCUT2D eigenvalue weighted by atomic mass is 9.99. The van der Waals surface area contributed by atoms with Gasteiger partial charge in [-0.05, 0) is 45.4 Å². The first-order valence-corrected chi connectivity index (χ1v) is 10.8. The van der Waals surface area contributed by atoms with E-state index in [1.54, 1.807) is 11.3 Å². The van der Waals surface area contributed by atoms with Gasteiger partial charge in [-0.15, -0.1) is 11.3 Å². The molecule has 6 nitrogen and oxygen atoms in total.